The molecule has 5 nitrogen and oxygen atoms in total. The highest BCUT2D eigenvalue weighted by atomic mass is 127. The van der Waals surface area contributed by atoms with Gasteiger partial charge in [0.2, 0.25) is 0 Å². The molecule has 1 aliphatic rings. The predicted molar refractivity (Wildman–Crippen MR) is 126 cm³/mol. The van der Waals surface area contributed by atoms with Gasteiger partial charge in [0, 0.05) is 60.0 Å². The number of nitrogens with zero attached hydrogens (tertiary/aromatic N) is 3. The van der Waals surface area contributed by atoms with Crippen LogP contribution >= 0.6 is 24.0 Å². The third kappa shape index (κ3) is 9.58. The Morgan fingerprint density at radius 1 is 1.11 bits per heavy atom. The molecule has 0 atom stereocenters. The summed E-state index contributed by atoms with van der Waals surface area (Å²) in [6.07, 6.45) is 7.95. The molecular weight excluding hydrogens is 451 g/mol. The number of hydrogen-bond donors (Lipinski definition) is 1. The van der Waals surface area contributed by atoms with Crippen LogP contribution in [0.4, 0.5) is 0 Å². The number of methoxy groups -OCH3 is 1. The van der Waals surface area contributed by atoms with Crippen molar-refractivity contribution < 1.29 is 4.74 Å². The van der Waals surface area contributed by atoms with E-state index in [0.29, 0.717) is 0 Å². The van der Waals surface area contributed by atoms with Gasteiger partial charge in [-0.3, -0.25) is 9.89 Å². The highest BCUT2D eigenvalue weighted by Gasteiger charge is 2.18. The van der Waals surface area contributed by atoms with Gasteiger partial charge >= 0.3 is 0 Å². The van der Waals surface area contributed by atoms with E-state index in [1.807, 2.05) is 7.05 Å². The van der Waals surface area contributed by atoms with E-state index in [1.54, 1.807) is 7.11 Å². The summed E-state index contributed by atoms with van der Waals surface area (Å²) < 4.78 is 5.09. The van der Waals surface area contributed by atoms with Crippen LogP contribution in [0.1, 0.15) is 24.8 Å². The van der Waals surface area contributed by atoms with Gasteiger partial charge in [0.15, 0.2) is 5.96 Å². The van der Waals surface area contributed by atoms with Crippen molar-refractivity contribution >= 4 is 36.0 Å². The largest absolute Gasteiger partial charge is 0.385 e. The van der Waals surface area contributed by atoms with Gasteiger partial charge in [0.25, 0.3) is 0 Å². The Bertz CT molecular complexity index is 542. The molecule has 0 bridgehead atoms. The van der Waals surface area contributed by atoms with Gasteiger partial charge in [-0.25, -0.2) is 0 Å². The lowest BCUT2D eigenvalue weighted by molar-refractivity contribution is 0.191. The number of benzene rings is 1. The summed E-state index contributed by atoms with van der Waals surface area (Å²) in [7, 11) is 3.64. The summed E-state index contributed by atoms with van der Waals surface area (Å²) in [5.41, 5.74) is 1.27. The van der Waals surface area contributed by atoms with Crippen LogP contribution in [0.25, 0.3) is 6.08 Å². The maximum absolute atomic E-state index is 5.09. The number of hydrogen-bond acceptors (Lipinski definition) is 3. The second kappa shape index (κ2) is 14.9. The SMILES string of the molecule is CN=C(NCCCCCOC)N1CCN(CC=Cc2ccccc2)CC1.I. The van der Waals surface area contributed by atoms with Crippen LogP contribution in [0, 0.1) is 0 Å². The number of rotatable bonds is 9. The van der Waals surface area contributed by atoms with Crippen LogP contribution in [0.2, 0.25) is 0 Å². The molecule has 0 spiro atoms. The van der Waals surface area contributed by atoms with Gasteiger partial charge in [-0.1, -0.05) is 42.5 Å². The molecule has 2 rings (SSSR count). The molecule has 1 saturated heterocycles. The van der Waals surface area contributed by atoms with Crippen molar-refractivity contribution in [1.29, 1.82) is 0 Å². The van der Waals surface area contributed by atoms with E-state index < -0.39 is 0 Å². The normalized spacial score (nSPS) is 15.8. The van der Waals surface area contributed by atoms with E-state index in [1.165, 1.54) is 12.0 Å². The predicted octanol–water partition coefficient (Wildman–Crippen LogP) is 3.33. The summed E-state index contributed by atoms with van der Waals surface area (Å²) in [5, 5.41) is 3.50. The Morgan fingerprint density at radius 3 is 2.52 bits per heavy atom. The molecule has 0 amide bonds. The highest BCUT2D eigenvalue weighted by Crippen LogP contribution is 2.05. The van der Waals surface area contributed by atoms with Gasteiger partial charge in [-0.15, -0.1) is 24.0 Å². The molecule has 1 N–H and O–H groups in total. The lowest BCUT2D eigenvalue weighted by atomic mass is 10.2. The van der Waals surface area contributed by atoms with E-state index in [9.17, 15) is 0 Å². The number of halogens is 1. The third-order valence-electron chi connectivity index (χ3n) is 4.67. The molecular formula is C21H35IN4O. The number of ether oxygens (including phenoxy) is 1. The minimum atomic E-state index is 0. The first-order chi connectivity index (χ1) is 12.8. The summed E-state index contributed by atoms with van der Waals surface area (Å²) in [6.45, 7) is 7.06. The maximum atomic E-state index is 5.09. The van der Waals surface area contributed by atoms with Gasteiger partial charge in [-0.2, -0.15) is 0 Å². The van der Waals surface area contributed by atoms with E-state index in [-0.39, 0.29) is 24.0 Å². The van der Waals surface area contributed by atoms with Crippen LogP contribution in [-0.2, 0) is 4.74 Å². The van der Waals surface area contributed by atoms with Crippen molar-refractivity contribution in [1.82, 2.24) is 15.1 Å². The Balaban J connectivity index is 0.00000364. The van der Waals surface area contributed by atoms with Crippen LogP contribution in [-0.4, -0.2) is 75.8 Å². The number of guanidine groups is 1. The average Bonchev–Trinajstić information content (AvgIpc) is 2.69. The standard InChI is InChI=1S/C21H34N4O.HI/c1-22-21(23-13-7-4-8-19-26-2)25-17-15-24(16-18-25)14-9-12-20-10-5-3-6-11-20;/h3,5-6,9-12H,4,7-8,13-19H2,1-2H3,(H,22,23);1H. The smallest absolute Gasteiger partial charge is 0.193 e. The summed E-state index contributed by atoms with van der Waals surface area (Å²) in [6, 6.07) is 10.5. The van der Waals surface area contributed by atoms with E-state index in [0.717, 1.165) is 64.7 Å². The second-order valence-electron chi connectivity index (χ2n) is 6.63. The average molecular weight is 486 g/mol. The third-order valence-corrected chi connectivity index (χ3v) is 4.67. The number of nitrogens with one attached hydrogen (secondary N) is 1. The Hall–Kier alpha value is -1.12. The van der Waals surface area contributed by atoms with E-state index in [4.69, 9.17) is 4.74 Å². The number of unbranched alkanes of at least 4 members (excludes halogenated alkanes) is 2. The quantitative estimate of drug-likeness (QED) is 0.252. The summed E-state index contributed by atoms with van der Waals surface area (Å²) >= 11 is 0. The van der Waals surface area contributed by atoms with Crippen molar-refractivity contribution in [2.24, 2.45) is 4.99 Å². The Labute approximate surface area is 181 Å². The fourth-order valence-corrected chi connectivity index (χ4v) is 3.12. The molecule has 0 aliphatic carbocycles. The molecule has 6 heteroatoms. The van der Waals surface area contributed by atoms with Gasteiger partial charge < -0.3 is 15.0 Å². The molecule has 0 unspecified atom stereocenters. The van der Waals surface area contributed by atoms with Crippen molar-refractivity contribution in [2.45, 2.75) is 19.3 Å². The molecule has 152 valence electrons. The molecule has 1 fully saturated rings. The summed E-state index contributed by atoms with van der Waals surface area (Å²) in [5.74, 6) is 1.04. The van der Waals surface area contributed by atoms with Crippen LogP contribution in [0.5, 0.6) is 0 Å². The van der Waals surface area contributed by atoms with Crippen LogP contribution < -0.4 is 5.32 Å². The molecule has 1 aromatic carbocycles. The molecule has 1 aliphatic heterocycles. The zero-order valence-corrected chi connectivity index (χ0v) is 19.1. The second-order valence-corrected chi connectivity index (χ2v) is 6.63. The van der Waals surface area contributed by atoms with E-state index >= 15 is 0 Å². The first kappa shape index (κ1) is 23.9. The van der Waals surface area contributed by atoms with Crippen molar-refractivity contribution in [3.63, 3.8) is 0 Å². The minimum Gasteiger partial charge on any atom is -0.385 e. The topological polar surface area (TPSA) is 40.1 Å². The first-order valence-electron chi connectivity index (χ1n) is 9.72. The monoisotopic (exact) mass is 486 g/mol. The lowest BCUT2D eigenvalue weighted by Gasteiger charge is -2.36. The van der Waals surface area contributed by atoms with Gasteiger partial charge in [0.1, 0.15) is 0 Å². The highest BCUT2D eigenvalue weighted by molar-refractivity contribution is 14.0. The Kier molecular flexibility index (Phi) is 13.2. The van der Waals surface area contributed by atoms with Crippen molar-refractivity contribution in [2.75, 3.05) is 60.0 Å². The van der Waals surface area contributed by atoms with E-state index in [2.05, 4.69) is 62.6 Å². The van der Waals surface area contributed by atoms with Crippen LogP contribution in [0.3, 0.4) is 0 Å². The summed E-state index contributed by atoms with van der Waals surface area (Å²) in [4.78, 5) is 9.31. The van der Waals surface area contributed by atoms with Crippen LogP contribution in [0.15, 0.2) is 41.4 Å². The molecule has 27 heavy (non-hydrogen) atoms. The number of aliphatic imine (C=N–C) groups is 1. The molecule has 0 aromatic heterocycles. The molecule has 0 saturated carbocycles. The zero-order valence-electron chi connectivity index (χ0n) is 16.8. The fraction of sp³-hybridized carbons (Fsp3) is 0.571. The lowest BCUT2D eigenvalue weighted by Crippen LogP contribution is -2.52. The zero-order chi connectivity index (χ0) is 18.5. The van der Waals surface area contributed by atoms with Crippen molar-refractivity contribution in [3.05, 3.63) is 42.0 Å². The molecule has 1 heterocycles. The maximum Gasteiger partial charge on any atom is 0.193 e. The Morgan fingerprint density at radius 2 is 1.85 bits per heavy atom. The molecule has 0 radical (unpaired) electrons. The molecule has 1 aromatic rings. The minimum absolute atomic E-state index is 0. The first-order valence-corrected chi connectivity index (χ1v) is 9.72. The van der Waals surface area contributed by atoms with Crippen molar-refractivity contribution in [3.8, 4) is 0 Å². The number of piperazine rings is 1. The van der Waals surface area contributed by atoms with Gasteiger partial charge in [0.05, 0.1) is 0 Å². The van der Waals surface area contributed by atoms with Gasteiger partial charge in [-0.05, 0) is 24.8 Å². The fourth-order valence-electron chi connectivity index (χ4n) is 3.12.